The van der Waals surface area contributed by atoms with Gasteiger partial charge in [0.15, 0.2) is 0 Å². The Morgan fingerprint density at radius 3 is 1.20 bits per heavy atom. The van der Waals surface area contributed by atoms with Crippen LogP contribution in [0.4, 0.5) is 9.59 Å². The summed E-state index contributed by atoms with van der Waals surface area (Å²) in [6, 6.07) is -0.917. The highest BCUT2D eigenvalue weighted by Gasteiger charge is 2.23. The molecular weight excluding hydrogens is 891 g/mol. The maximum absolute atomic E-state index is 12.5. The molecule has 0 spiro atoms. The van der Waals surface area contributed by atoms with Crippen LogP contribution < -0.4 is 21.5 Å². The van der Waals surface area contributed by atoms with Crippen molar-refractivity contribution in [3.8, 4) is 0 Å². The SMILES string of the molecule is CCC(CNC(=O)NC(C)(CC)CC)=C(C)CCC(=O)OC(C)COCC(C)OC(=O)CCC(C)=NNC(=O)NN=C(C)CCC(=O)OC(C)COCC(C)OC(=O)CCC(C)=NC(C)(CC)CC. The van der Waals surface area contributed by atoms with E-state index in [1.54, 1.807) is 41.5 Å². The summed E-state index contributed by atoms with van der Waals surface area (Å²) in [5, 5.41) is 13.9. The number of aliphatic imine (C=N–C) groups is 1. The van der Waals surface area contributed by atoms with E-state index in [2.05, 4.69) is 52.5 Å². The van der Waals surface area contributed by atoms with Gasteiger partial charge in [-0.3, -0.25) is 24.2 Å². The van der Waals surface area contributed by atoms with E-state index in [0.29, 0.717) is 30.8 Å². The highest BCUT2D eigenvalue weighted by Crippen LogP contribution is 2.21. The highest BCUT2D eigenvalue weighted by molar-refractivity contribution is 5.88. The predicted molar refractivity (Wildman–Crippen MR) is 269 cm³/mol. The number of carbonyl (C=O) groups excluding carboxylic acids is 6. The average Bonchev–Trinajstić information content (AvgIpc) is 3.29. The van der Waals surface area contributed by atoms with E-state index in [1.807, 2.05) is 41.5 Å². The Labute approximate surface area is 412 Å². The minimum Gasteiger partial charge on any atom is -0.460 e. The molecule has 4 atom stereocenters. The molecule has 4 unspecified atom stereocenters. The fourth-order valence-corrected chi connectivity index (χ4v) is 6.25. The minimum atomic E-state index is -0.708. The summed E-state index contributed by atoms with van der Waals surface area (Å²) in [6.07, 6.45) is 4.20. The Hall–Kier alpha value is -4.91. The smallest absolute Gasteiger partial charge is 0.355 e. The molecule has 0 aromatic carbocycles. The van der Waals surface area contributed by atoms with Gasteiger partial charge in [0.25, 0.3) is 0 Å². The van der Waals surface area contributed by atoms with Crippen molar-refractivity contribution in [3.05, 3.63) is 11.1 Å². The van der Waals surface area contributed by atoms with Crippen LogP contribution in [-0.2, 0) is 47.6 Å². The van der Waals surface area contributed by atoms with Crippen molar-refractivity contribution in [2.75, 3.05) is 33.0 Å². The standard InChI is InChI=1S/C50H89N7O12/c1-16-42(29-51-47(62)53-50(15,19-4)20-5)34(6)21-25-43(58)66-38(10)30-64-32-40(12)68-45(60)27-23-36(8)54-56-48(63)57-55-37(9)24-28-46(61)69-41(13)33-65-31-39(11)67-44(59)26-22-35(7)52-49(14,17-2)18-3/h38-41H,16-33H2,1-15H3,(H2,51,53,62)(H2,56,57,63). The molecule has 396 valence electrons. The lowest BCUT2D eigenvalue weighted by Gasteiger charge is -2.28. The lowest BCUT2D eigenvalue weighted by atomic mass is 9.96. The summed E-state index contributed by atoms with van der Waals surface area (Å²) in [5.41, 5.74) is 8.22. The Kier molecular flexibility index (Phi) is 32.7. The first-order chi connectivity index (χ1) is 32.4. The predicted octanol–water partition coefficient (Wildman–Crippen LogP) is 8.56. The Balaban J connectivity index is 4.38. The highest BCUT2D eigenvalue weighted by atomic mass is 16.6. The van der Waals surface area contributed by atoms with E-state index in [4.69, 9.17) is 33.4 Å². The van der Waals surface area contributed by atoms with Gasteiger partial charge in [-0.05, 0) is 127 Å². The fraction of sp³-hybridized carbons (Fsp3) is 0.780. The van der Waals surface area contributed by atoms with Gasteiger partial charge in [-0.25, -0.2) is 20.4 Å². The first-order valence-electron chi connectivity index (χ1n) is 24.8. The van der Waals surface area contributed by atoms with E-state index < -0.39 is 42.4 Å². The van der Waals surface area contributed by atoms with Crippen molar-refractivity contribution >= 4 is 53.1 Å². The van der Waals surface area contributed by atoms with Gasteiger partial charge in [0.1, 0.15) is 24.4 Å². The van der Waals surface area contributed by atoms with Crippen molar-refractivity contribution in [1.82, 2.24) is 21.5 Å². The van der Waals surface area contributed by atoms with Crippen LogP contribution in [0.2, 0.25) is 0 Å². The molecule has 0 saturated heterocycles. The van der Waals surface area contributed by atoms with Crippen molar-refractivity contribution in [2.24, 2.45) is 15.2 Å². The van der Waals surface area contributed by atoms with E-state index in [-0.39, 0.29) is 94.0 Å². The molecule has 0 saturated carbocycles. The van der Waals surface area contributed by atoms with Crippen LogP contribution in [0.5, 0.6) is 0 Å². The lowest BCUT2D eigenvalue weighted by molar-refractivity contribution is -0.156. The molecule has 0 aliphatic carbocycles. The summed E-state index contributed by atoms with van der Waals surface area (Å²) in [7, 11) is 0. The van der Waals surface area contributed by atoms with E-state index in [1.165, 1.54) is 0 Å². The van der Waals surface area contributed by atoms with Crippen molar-refractivity contribution in [1.29, 1.82) is 0 Å². The Bertz CT molecular complexity index is 1720. The minimum absolute atomic E-state index is 0.0200. The first-order valence-corrected chi connectivity index (χ1v) is 24.8. The molecule has 0 rings (SSSR count). The summed E-state index contributed by atoms with van der Waals surface area (Å²) >= 11 is 0. The number of hydrogen-bond donors (Lipinski definition) is 4. The topological polar surface area (TPSA) is 243 Å². The zero-order valence-corrected chi connectivity index (χ0v) is 44.8. The van der Waals surface area contributed by atoms with Gasteiger partial charge < -0.3 is 39.1 Å². The molecule has 69 heavy (non-hydrogen) atoms. The number of carbonyl (C=O) groups is 6. The number of nitrogens with zero attached hydrogens (tertiary/aromatic N) is 3. The molecule has 0 fully saturated rings. The molecular formula is C50H89N7O12. The number of hydrazone groups is 2. The van der Waals surface area contributed by atoms with Gasteiger partial charge in [-0.1, -0.05) is 45.8 Å². The molecule has 19 heteroatoms. The maximum Gasteiger partial charge on any atom is 0.355 e. The molecule has 0 heterocycles. The van der Waals surface area contributed by atoms with Gasteiger partial charge in [0.05, 0.1) is 51.2 Å². The van der Waals surface area contributed by atoms with Gasteiger partial charge in [0, 0.05) is 35.6 Å². The van der Waals surface area contributed by atoms with Gasteiger partial charge in [-0.2, -0.15) is 10.2 Å². The van der Waals surface area contributed by atoms with E-state index in [0.717, 1.165) is 49.0 Å². The molecule has 4 N–H and O–H groups in total. The second-order valence-corrected chi connectivity index (χ2v) is 18.4. The van der Waals surface area contributed by atoms with Crippen LogP contribution in [-0.4, -0.2) is 122 Å². The third-order valence-electron chi connectivity index (χ3n) is 11.7. The number of esters is 4. The molecule has 0 aliphatic rings. The second kappa shape index (κ2) is 35.2. The maximum atomic E-state index is 12.5. The first kappa shape index (κ1) is 64.1. The molecule has 0 aromatic rings. The molecule has 0 aromatic heterocycles. The largest absolute Gasteiger partial charge is 0.460 e. The van der Waals surface area contributed by atoms with Crippen LogP contribution >= 0.6 is 0 Å². The Morgan fingerprint density at radius 1 is 0.493 bits per heavy atom. The van der Waals surface area contributed by atoms with Crippen molar-refractivity contribution in [2.45, 2.75) is 223 Å². The number of urea groups is 2. The van der Waals surface area contributed by atoms with Gasteiger partial charge in [0.2, 0.25) is 0 Å². The fourth-order valence-electron chi connectivity index (χ4n) is 6.25. The zero-order chi connectivity index (χ0) is 52.6. The Morgan fingerprint density at radius 2 is 0.855 bits per heavy atom. The summed E-state index contributed by atoms with van der Waals surface area (Å²) in [6.45, 7) is 29.4. The van der Waals surface area contributed by atoms with Crippen molar-refractivity contribution < 1.29 is 57.2 Å². The third kappa shape index (κ3) is 31.8. The van der Waals surface area contributed by atoms with Crippen LogP contribution in [0.3, 0.4) is 0 Å². The molecule has 19 nitrogen and oxygen atoms in total. The lowest BCUT2D eigenvalue weighted by Crippen LogP contribution is -2.49. The number of amides is 4. The molecule has 0 bridgehead atoms. The summed E-state index contributed by atoms with van der Waals surface area (Å²) < 4.78 is 33.0. The van der Waals surface area contributed by atoms with E-state index in [9.17, 15) is 28.8 Å². The molecule has 0 radical (unpaired) electrons. The second-order valence-electron chi connectivity index (χ2n) is 18.4. The molecule has 0 aliphatic heterocycles. The van der Waals surface area contributed by atoms with Gasteiger partial charge in [-0.15, -0.1) is 0 Å². The van der Waals surface area contributed by atoms with Crippen LogP contribution in [0.15, 0.2) is 26.3 Å². The van der Waals surface area contributed by atoms with Gasteiger partial charge >= 0.3 is 35.9 Å². The number of allylic oxidation sites excluding steroid dienone is 1. The number of rotatable bonds is 35. The summed E-state index contributed by atoms with van der Waals surface area (Å²) in [4.78, 5) is 79.0. The third-order valence-corrected chi connectivity index (χ3v) is 11.7. The number of ether oxygens (including phenoxy) is 6. The number of hydrogen-bond acceptors (Lipinski definition) is 15. The summed E-state index contributed by atoms with van der Waals surface area (Å²) in [5.74, 6) is -1.62. The van der Waals surface area contributed by atoms with Crippen LogP contribution in [0.1, 0.15) is 187 Å². The zero-order valence-electron chi connectivity index (χ0n) is 44.8. The van der Waals surface area contributed by atoms with Crippen LogP contribution in [0, 0.1) is 0 Å². The quantitative estimate of drug-likeness (QED) is 0.0153. The van der Waals surface area contributed by atoms with E-state index >= 15 is 0 Å². The monoisotopic (exact) mass is 980 g/mol. The average molecular weight is 980 g/mol. The normalized spacial score (nSPS) is 14.6. The van der Waals surface area contributed by atoms with Crippen molar-refractivity contribution in [3.63, 3.8) is 0 Å². The number of nitrogens with one attached hydrogen (secondary N) is 4. The van der Waals surface area contributed by atoms with Crippen LogP contribution in [0.25, 0.3) is 0 Å². The molecule has 4 amide bonds.